The Morgan fingerprint density at radius 2 is 1.93 bits per heavy atom. The van der Waals surface area contributed by atoms with Gasteiger partial charge >= 0.3 is 0 Å². The molecule has 1 fully saturated rings. The minimum Gasteiger partial charge on any atom is -0.388 e. The highest BCUT2D eigenvalue weighted by Gasteiger charge is 2.40. The van der Waals surface area contributed by atoms with Gasteiger partial charge in [0, 0.05) is 0 Å². The van der Waals surface area contributed by atoms with Gasteiger partial charge in [0.1, 0.15) is 12.2 Å². The number of ether oxygens (including phenoxy) is 1. The van der Waals surface area contributed by atoms with Crippen molar-refractivity contribution in [3.8, 4) is 0 Å². The minimum absolute atomic E-state index is 0.272. The highest BCUT2D eigenvalue weighted by Crippen LogP contribution is 2.18. The van der Waals surface area contributed by atoms with E-state index < -0.39 is 34.7 Å². The fourth-order valence-electron chi connectivity index (χ4n) is 1.08. The number of aliphatic hydroxyl groups is 3. The predicted molar refractivity (Wildman–Crippen MR) is 43.7 cm³/mol. The summed E-state index contributed by atoms with van der Waals surface area (Å²) in [6.07, 6.45) is -5.05. The van der Waals surface area contributed by atoms with Gasteiger partial charge in [0.05, 0.1) is 12.9 Å². The molecular formula is C6H12O7S. The molecule has 0 aliphatic carbocycles. The number of aliphatic hydroxyl groups excluding tert-OH is 3. The molecule has 1 aliphatic rings. The molecule has 0 saturated carbocycles. The van der Waals surface area contributed by atoms with Crippen molar-refractivity contribution in [3.63, 3.8) is 0 Å². The Hall–Kier alpha value is -0.250. The van der Waals surface area contributed by atoms with Crippen LogP contribution in [-0.4, -0.2) is 61.2 Å². The van der Waals surface area contributed by atoms with Gasteiger partial charge in [-0.1, -0.05) is 0 Å². The molecular weight excluding hydrogens is 216 g/mol. The monoisotopic (exact) mass is 228 g/mol. The standard InChI is InChI=1S/C6H12O7S/c1-14(10,11)13-5-4(8)3(7)2-12-6(5)9/h3-9H,2H2,1H3/t3?,4-,5?,6?/m0/s1. The van der Waals surface area contributed by atoms with Gasteiger partial charge in [-0.25, -0.2) is 0 Å². The first-order valence-corrected chi connectivity index (χ1v) is 5.67. The number of rotatable bonds is 2. The van der Waals surface area contributed by atoms with E-state index >= 15 is 0 Å². The van der Waals surface area contributed by atoms with E-state index in [0.29, 0.717) is 0 Å². The van der Waals surface area contributed by atoms with Gasteiger partial charge in [-0.05, 0) is 0 Å². The van der Waals surface area contributed by atoms with Gasteiger partial charge in [0.15, 0.2) is 12.4 Å². The van der Waals surface area contributed by atoms with Crippen LogP contribution in [0.15, 0.2) is 0 Å². The summed E-state index contributed by atoms with van der Waals surface area (Å²) in [7, 11) is -3.82. The normalized spacial score (nSPS) is 39.7. The summed E-state index contributed by atoms with van der Waals surface area (Å²) in [6.45, 7) is -0.272. The first-order chi connectivity index (χ1) is 6.31. The molecule has 4 atom stereocenters. The molecule has 84 valence electrons. The maximum Gasteiger partial charge on any atom is 0.264 e. The summed E-state index contributed by atoms with van der Waals surface area (Å²) >= 11 is 0. The van der Waals surface area contributed by atoms with Crippen molar-refractivity contribution in [3.05, 3.63) is 0 Å². The largest absolute Gasteiger partial charge is 0.388 e. The lowest BCUT2D eigenvalue weighted by Gasteiger charge is -2.34. The Kier molecular flexibility index (Phi) is 3.45. The fourth-order valence-corrected chi connectivity index (χ4v) is 1.70. The topological polar surface area (TPSA) is 113 Å². The smallest absolute Gasteiger partial charge is 0.264 e. The molecule has 0 radical (unpaired) electrons. The van der Waals surface area contributed by atoms with Gasteiger partial charge in [0.25, 0.3) is 10.1 Å². The average Bonchev–Trinajstić information content (AvgIpc) is 2.04. The molecule has 8 heteroatoms. The van der Waals surface area contributed by atoms with Gasteiger partial charge in [-0.2, -0.15) is 8.42 Å². The van der Waals surface area contributed by atoms with Crippen molar-refractivity contribution >= 4 is 10.1 Å². The van der Waals surface area contributed by atoms with Crippen LogP contribution in [0.3, 0.4) is 0 Å². The number of hydrogen-bond acceptors (Lipinski definition) is 7. The molecule has 0 spiro atoms. The van der Waals surface area contributed by atoms with Crippen molar-refractivity contribution in [1.82, 2.24) is 0 Å². The molecule has 0 aromatic carbocycles. The summed E-state index contributed by atoms with van der Waals surface area (Å²) in [5.74, 6) is 0. The zero-order chi connectivity index (χ0) is 10.9. The predicted octanol–water partition coefficient (Wildman–Crippen LogP) is -2.60. The van der Waals surface area contributed by atoms with Crippen LogP contribution < -0.4 is 0 Å². The second kappa shape index (κ2) is 4.09. The maximum absolute atomic E-state index is 10.7. The first-order valence-electron chi connectivity index (χ1n) is 3.85. The SMILES string of the molecule is CS(=O)(=O)OC1C(O)OCC(O)[C@@H]1O. The summed E-state index contributed by atoms with van der Waals surface area (Å²) in [6, 6.07) is 0. The molecule has 3 unspecified atom stereocenters. The molecule has 0 bridgehead atoms. The molecule has 0 aromatic heterocycles. The Labute approximate surface area is 81.0 Å². The van der Waals surface area contributed by atoms with Crippen LogP contribution >= 0.6 is 0 Å². The van der Waals surface area contributed by atoms with E-state index in [2.05, 4.69) is 8.92 Å². The van der Waals surface area contributed by atoms with Crippen molar-refractivity contribution in [2.24, 2.45) is 0 Å². The van der Waals surface area contributed by atoms with Crippen LogP contribution in [0.5, 0.6) is 0 Å². The Balaban J connectivity index is 2.73. The lowest BCUT2D eigenvalue weighted by atomic mass is 10.1. The van der Waals surface area contributed by atoms with E-state index in [1.54, 1.807) is 0 Å². The summed E-state index contributed by atoms with van der Waals surface area (Å²) < 4.78 is 30.4. The molecule has 3 N–H and O–H groups in total. The van der Waals surface area contributed by atoms with Crippen molar-refractivity contribution < 1.29 is 32.7 Å². The highest BCUT2D eigenvalue weighted by molar-refractivity contribution is 7.86. The van der Waals surface area contributed by atoms with Crippen molar-refractivity contribution in [1.29, 1.82) is 0 Å². The van der Waals surface area contributed by atoms with Crippen LogP contribution in [0.1, 0.15) is 0 Å². The van der Waals surface area contributed by atoms with Gasteiger partial charge in [-0.15, -0.1) is 0 Å². The third kappa shape index (κ3) is 2.87. The lowest BCUT2D eigenvalue weighted by molar-refractivity contribution is -0.243. The number of hydrogen-bond donors (Lipinski definition) is 3. The fraction of sp³-hybridized carbons (Fsp3) is 1.00. The summed E-state index contributed by atoms with van der Waals surface area (Å²) in [5, 5.41) is 27.5. The van der Waals surface area contributed by atoms with Crippen molar-refractivity contribution in [2.75, 3.05) is 12.9 Å². The third-order valence-electron chi connectivity index (χ3n) is 1.74. The Morgan fingerprint density at radius 1 is 1.36 bits per heavy atom. The van der Waals surface area contributed by atoms with Crippen LogP contribution in [0.4, 0.5) is 0 Å². The van der Waals surface area contributed by atoms with Crippen LogP contribution in [0.2, 0.25) is 0 Å². The van der Waals surface area contributed by atoms with E-state index in [0.717, 1.165) is 6.26 Å². The molecule has 7 nitrogen and oxygen atoms in total. The van der Waals surface area contributed by atoms with Gasteiger partial charge in [0.2, 0.25) is 0 Å². The van der Waals surface area contributed by atoms with Gasteiger partial charge < -0.3 is 20.1 Å². The zero-order valence-corrected chi connectivity index (χ0v) is 8.22. The van der Waals surface area contributed by atoms with Crippen LogP contribution in [0, 0.1) is 0 Å². The van der Waals surface area contributed by atoms with E-state index in [1.807, 2.05) is 0 Å². The second-order valence-electron chi connectivity index (χ2n) is 3.05. The Morgan fingerprint density at radius 3 is 2.43 bits per heavy atom. The highest BCUT2D eigenvalue weighted by atomic mass is 32.2. The Bertz CT molecular complexity index is 287. The molecule has 1 rings (SSSR count). The van der Waals surface area contributed by atoms with E-state index in [-0.39, 0.29) is 6.61 Å². The zero-order valence-electron chi connectivity index (χ0n) is 7.40. The quantitative estimate of drug-likeness (QED) is 0.444. The molecule has 0 amide bonds. The first kappa shape index (κ1) is 11.8. The minimum atomic E-state index is -3.82. The van der Waals surface area contributed by atoms with E-state index in [4.69, 9.17) is 10.2 Å². The molecule has 1 heterocycles. The second-order valence-corrected chi connectivity index (χ2v) is 4.65. The molecule has 14 heavy (non-hydrogen) atoms. The van der Waals surface area contributed by atoms with Gasteiger partial charge in [-0.3, -0.25) is 4.18 Å². The lowest BCUT2D eigenvalue weighted by Crippen LogP contribution is -2.54. The van der Waals surface area contributed by atoms with Crippen LogP contribution in [0.25, 0.3) is 0 Å². The molecule has 1 aliphatic heterocycles. The molecule has 1 saturated heterocycles. The summed E-state index contributed by atoms with van der Waals surface area (Å²) in [5.41, 5.74) is 0. The molecule has 0 aromatic rings. The summed E-state index contributed by atoms with van der Waals surface area (Å²) in [4.78, 5) is 0. The van der Waals surface area contributed by atoms with Crippen molar-refractivity contribution in [2.45, 2.75) is 24.6 Å². The average molecular weight is 228 g/mol. The van der Waals surface area contributed by atoms with Crippen LogP contribution in [-0.2, 0) is 19.0 Å². The maximum atomic E-state index is 10.7. The van der Waals surface area contributed by atoms with E-state index in [1.165, 1.54) is 0 Å². The third-order valence-corrected chi connectivity index (χ3v) is 2.31. The van der Waals surface area contributed by atoms with E-state index in [9.17, 15) is 13.5 Å².